The number of benzene rings is 1. The molecule has 0 amide bonds. The quantitative estimate of drug-likeness (QED) is 0.848. The van der Waals surface area contributed by atoms with E-state index in [9.17, 15) is 8.42 Å². The normalized spacial score (nSPS) is 13.9. The Kier molecular flexibility index (Phi) is 3.52. The molecule has 1 aromatic carbocycles. The second kappa shape index (κ2) is 4.33. The average Bonchev–Trinajstić information content (AvgIpc) is 2.06. The van der Waals surface area contributed by atoms with E-state index in [-0.39, 0.29) is 5.75 Å². The fourth-order valence-corrected chi connectivity index (χ4v) is 2.26. The minimum absolute atomic E-state index is 0.00446. The average molecular weight is 227 g/mol. The Labute approximate surface area is 91.2 Å². The van der Waals surface area contributed by atoms with Crippen molar-refractivity contribution in [1.29, 1.82) is 0 Å². The van der Waals surface area contributed by atoms with Crippen molar-refractivity contribution in [1.82, 2.24) is 0 Å². The molecule has 15 heavy (non-hydrogen) atoms. The number of hydrogen-bond acceptors (Lipinski definition) is 3. The van der Waals surface area contributed by atoms with Crippen LogP contribution in [0.5, 0.6) is 0 Å². The highest BCUT2D eigenvalue weighted by Crippen LogP contribution is 2.16. The van der Waals surface area contributed by atoms with E-state index in [1.54, 1.807) is 0 Å². The lowest BCUT2D eigenvalue weighted by Crippen LogP contribution is -2.20. The molecule has 0 spiro atoms. The van der Waals surface area contributed by atoms with Gasteiger partial charge in [-0.3, -0.25) is 0 Å². The lowest BCUT2D eigenvalue weighted by molar-refractivity contribution is 0.594. The second-order valence-electron chi connectivity index (χ2n) is 4.04. The van der Waals surface area contributed by atoms with Gasteiger partial charge in [0.15, 0.2) is 0 Å². The molecule has 0 unspecified atom stereocenters. The first-order valence-corrected chi connectivity index (χ1v) is 6.86. The molecule has 1 aromatic rings. The highest BCUT2D eigenvalue weighted by molar-refractivity contribution is 7.90. The first kappa shape index (κ1) is 12.2. The minimum Gasteiger partial charge on any atom is -0.323 e. The Morgan fingerprint density at radius 2 is 1.87 bits per heavy atom. The van der Waals surface area contributed by atoms with Gasteiger partial charge < -0.3 is 5.73 Å². The Hall–Kier alpha value is -0.870. The van der Waals surface area contributed by atoms with Crippen molar-refractivity contribution in [3.8, 4) is 0 Å². The van der Waals surface area contributed by atoms with Crippen LogP contribution in [0.4, 0.5) is 0 Å². The Morgan fingerprint density at radius 3 is 2.33 bits per heavy atom. The molecule has 0 aliphatic rings. The number of hydrogen-bond donors (Lipinski definition) is 1. The smallest absolute Gasteiger partial charge is 0.149 e. The summed E-state index contributed by atoms with van der Waals surface area (Å²) < 4.78 is 22.2. The molecule has 1 rings (SSSR count). The van der Waals surface area contributed by atoms with Crippen molar-refractivity contribution < 1.29 is 8.42 Å². The van der Waals surface area contributed by atoms with Gasteiger partial charge in [-0.25, -0.2) is 8.42 Å². The third kappa shape index (κ3) is 3.64. The van der Waals surface area contributed by atoms with Crippen molar-refractivity contribution in [2.75, 3.05) is 12.0 Å². The molecule has 2 N–H and O–H groups in total. The van der Waals surface area contributed by atoms with E-state index in [1.807, 2.05) is 32.0 Å². The fourth-order valence-electron chi connectivity index (χ4n) is 1.42. The highest BCUT2D eigenvalue weighted by Gasteiger charge is 2.13. The van der Waals surface area contributed by atoms with Crippen LogP contribution in [0.2, 0.25) is 0 Å². The van der Waals surface area contributed by atoms with Crippen LogP contribution < -0.4 is 5.73 Å². The van der Waals surface area contributed by atoms with E-state index < -0.39 is 15.9 Å². The number of rotatable bonds is 3. The van der Waals surface area contributed by atoms with E-state index in [4.69, 9.17) is 5.73 Å². The van der Waals surface area contributed by atoms with Gasteiger partial charge in [-0.2, -0.15) is 0 Å². The summed E-state index contributed by atoms with van der Waals surface area (Å²) in [6.07, 6.45) is 1.20. The van der Waals surface area contributed by atoms with Crippen LogP contribution >= 0.6 is 0 Å². The van der Waals surface area contributed by atoms with Crippen LogP contribution in [0.15, 0.2) is 18.2 Å². The van der Waals surface area contributed by atoms with Gasteiger partial charge in [0.1, 0.15) is 9.84 Å². The van der Waals surface area contributed by atoms with Gasteiger partial charge in [0, 0.05) is 12.3 Å². The zero-order chi connectivity index (χ0) is 11.6. The molecule has 0 bridgehead atoms. The maximum atomic E-state index is 11.1. The standard InChI is InChI=1S/C11H17NO2S/c1-8-4-5-10(6-9(8)2)11(12)7-15(3,13)14/h4-6,11H,7,12H2,1-3H3/t11-/m1/s1. The lowest BCUT2D eigenvalue weighted by Gasteiger charge is -2.12. The first-order valence-electron chi connectivity index (χ1n) is 4.80. The molecule has 0 saturated carbocycles. The van der Waals surface area contributed by atoms with Gasteiger partial charge in [0.2, 0.25) is 0 Å². The van der Waals surface area contributed by atoms with Crippen LogP contribution in [0, 0.1) is 13.8 Å². The summed E-state index contributed by atoms with van der Waals surface area (Å²) in [5, 5.41) is 0. The van der Waals surface area contributed by atoms with Crippen LogP contribution in [-0.4, -0.2) is 20.4 Å². The molecule has 0 saturated heterocycles. The number of nitrogens with two attached hydrogens (primary N) is 1. The molecule has 0 aliphatic carbocycles. The fraction of sp³-hybridized carbons (Fsp3) is 0.455. The molecule has 1 atom stereocenters. The van der Waals surface area contributed by atoms with Gasteiger partial charge in [0.05, 0.1) is 5.75 Å². The predicted molar refractivity (Wildman–Crippen MR) is 62.6 cm³/mol. The highest BCUT2D eigenvalue weighted by atomic mass is 32.2. The zero-order valence-corrected chi connectivity index (χ0v) is 10.1. The van der Waals surface area contributed by atoms with E-state index in [0.29, 0.717) is 0 Å². The molecule has 0 aliphatic heterocycles. The van der Waals surface area contributed by atoms with Crippen molar-refractivity contribution in [2.24, 2.45) is 5.73 Å². The number of sulfone groups is 1. The molecular formula is C11H17NO2S. The topological polar surface area (TPSA) is 60.2 Å². The van der Waals surface area contributed by atoms with Gasteiger partial charge in [0.25, 0.3) is 0 Å². The maximum Gasteiger partial charge on any atom is 0.149 e. The summed E-state index contributed by atoms with van der Waals surface area (Å²) in [5.41, 5.74) is 9.02. The molecule has 3 nitrogen and oxygen atoms in total. The molecular weight excluding hydrogens is 210 g/mol. The van der Waals surface area contributed by atoms with E-state index in [0.717, 1.165) is 11.1 Å². The zero-order valence-electron chi connectivity index (χ0n) is 9.32. The Bertz CT molecular complexity index is 452. The molecule has 0 heterocycles. The molecule has 4 heteroatoms. The van der Waals surface area contributed by atoms with Gasteiger partial charge in [-0.15, -0.1) is 0 Å². The summed E-state index contributed by atoms with van der Waals surface area (Å²) in [7, 11) is -3.02. The Morgan fingerprint density at radius 1 is 1.27 bits per heavy atom. The van der Waals surface area contributed by atoms with Crippen molar-refractivity contribution in [3.63, 3.8) is 0 Å². The SMILES string of the molecule is Cc1ccc([C@H](N)CS(C)(=O)=O)cc1C. The minimum atomic E-state index is -3.02. The third-order valence-electron chi connectivity index (χ3n) is 2.44. The predicted octanol–water partition coefficient (Wildman–Crippen LogP) is 1.35. The van der Waals surface area contributed by atoms with Crippen molar-refractivity contribution in [2.45, 2.75) is 19.9 Å². The van der Waals surface area contributed by atoms with Crippen molar-refractivity contribution >= 4 is 9.84 Å². The third-order valence-corrected chi connectivity index (χ3v) is 3.41. The van der Waals surface area contributed by atoms with E-state index in [2.05, 4.69) is 0 Å². The summed E-state index contributed by atoms with van der Waals surface area (Å²) in [6, 6.07) is 5.37. The van der Waals surface area contributed by atoms with Gasteiger partial charge >= 0.3 is 0 Å². The first-order chi connectivity index (χ1) is 6.79. The Balaban J connectivity index is 2.92. The number of aryl methyl sites for hydroxylation is 2. The largest absolute Gasteiger partial charge is 0.323 e. The van der Waals surface area contributed by atoms with Crippen LogP contribution in [-0.2, 0) is 9.84 Å². The van der Waals surface area contributed by atoms with Crippen LogP contribution in [0.25, 0.3) is 0 Å². The van der Waals surface area contributed by atoms with E-state index >= 15 is 0 Å². The maximum absolute atomic E-state index is 11.1. The van der Waals surface area contributed by atoms with E-state index in [1.165, 1.54) is 11.8 Å². The molecule has 0 aromatic heterocycles. The monoisotopic (exact) mass is 227 g/mol. The summed E-state index contributed by atoms with van der Waals surface area (Å²) in [4.78, 5) is 0. The van der Waals surface area contributed by atoms with Crippen molar-refractivity contribution in [3.05, 3.63) is 34.9 Å². The van der Waals surface area contributed by atoms with Gasteiger partial charge in [-0.1, -0.05) is 18.2 Å². The summed E-state index contributed by atoms with van der Waals surface area (Å²) >= 11 is 0. The van der Waals surface area contributed by atoms with Gasteiger partial charge in [-0.05, 0) is 30.5 Å². The molecule has 84 valence electrons. The van der Waals surface area contributed by atoms with Crippen LogP contribution in [0.1, 0.15) is 22.7 Å². The summed E-state index contributed by atoms with van der Waals surface area (Å²) in [5.74, 6) is -0.00446. The lowest BCUT2D eigenvalue weighted by atomic mass is 10.0. The molecule has 0 radical (unpaired) electrons. The van der Waals surface area contributed by atoms with Crippen LogP contribution in [0.3, 0.4) is 0 Å². The second-order valence-corrected chi connectivity index (χ2v) is 6.23. The molecule has 0 fully saturated rings. The summed E-state index contributed by atoms with van der Waals surface area (Å²) in [6.45, 7) is 4.01.